The molecule has 1 fully saturated rings. The molecular weight excluding hydrogens is 274 g/mol. The average molecular weight is 304 g/mol. The smallest absolute Gasteiger partial charge is 0.138 e. The van der Waals surface area contributed by atoms with Crippen LogP contribution in [0, 0.1) is 0 Å². The minimum Gasteiger partial charge on any atom is -0.494 e. The number of quaternary nitrogens is 1. The van der Waals surface area contributed by atoms with Gasteiger partial charge in [-0.1, -0.05) is 12.1 Å². The Bertz CT molecular complexity index is 478. The number of nitrogens with zero attached hydrogens (tertiary/aromatic N) is 1. The monoisotopic (exact) mass is 304 g/mol. The summed E-state index contributed by atoms with van der Waals surface area (Å²) in [5.74, 6) is 1.30. The fraction of sp³-hybridized carbons (Fsp3) is 0.632. The van der Waals surface area contributed by atoms with E-state index in [0.717, 1.165) is 29.6 Å². The molecule has 0 aliphatic carbocycles. The maximum Gasteiger partial charge on any atom is 0.138 e. The molecule has 122 valence electrons. The molecule has 1 aliphatic rings. The van der Waals surface area contributed by atoms with Crippen LogP contribution in [-0.2, 0) is 11.2 Å². The summed E-state index contributed by atoms with van der Waals surface area (Å²) in [5, 5.41) is 0. The number of ketones is 1. The highest BCUT2D eigenvalue weighted by molar-refractivity contribution is 5.78. The number of piperidine rings is 1. The Labute approximate surface area is 134 Å². The third-order valence-electron chi connectivity index (χ3n) is 4.73. The van der Waals surface area contributed by atoms with E-state index in [1.165, 1.54) is 37.9 Å². The van der Waals surface area contributed by atoms with Crippen LogP contribution in [0.1, 0.15) is 44.6 Å². The largest absolute Gasteiger partial charge is 0.494 e. The summed E-state index contributed by atoms with van der Waals surface area (Å²) in [5.41, 5.74) is 1.19. The molecule has 0 spiro atoms. The highest BCUT2D eigenvalue weighted by Gasteiger charge is 2.25. The molecule has 1 heterocycles. The Morgan fingerprint density at radius 2 is 1.95 bits per heavy atom. The molecule has 22 heavy (non-hydrogen) atoms. The SMILES string of the molecule is CCOc1cccc(CCC(=O)CC[N+]2(C)CCCCC2)c1. The van der Waals surface area contributed by atoms with E-state index >= 15 is 0 Å². The predicted octanol–water partition coefficient (Wildman–Crippen LogP) is 3.61. The topological polar surface area (TPSA) is 26.3 Å². The van der Waals surface area contributed by atoms with Crippen molar-refractivity contribution in [2.75, 3.05) is 33.3 Å². The van der Waals surface area contributed by atoms with E-state index in [-0.39, 0.29) is 0 Å². The van der Waals surface area contributed by atoms with Gasteiger partial charge in [-0.05, 0) is 50.3 Å². The van der Waals surface area contributed by atoms with E-state index in [1.807, 2.05) is 19.1 Å². The molecule has 2 rings (SSSR count). The molecule has 0 bridgehead atoms. The van der Waals surface area contributed by atoms with Crippen molar-refractivity contribution in [2.24, 2.45) is 0 Å². The number of carbonyl (C=O) groups excluding carboxylic acids is 1. The number of likely N-dealkylation sites (tertiary alicyclic amines) is 1. The molecule has 0 amide bonds. The number of ether oxygens (including phenoxy) is 1. The van der Waals surface area contributed by atoms with E-state index in [9.17, 15) is 4.79 Å². The molecule has 1 saturated heterocycles. The summed E-state index contributed by atoms with van der Waals surface area (Å²) in [6, 6.07) is 8.10. The molecule has 3 heteroatoms. The second-order valence-electron chi connectivity index (χ2n) is 6.72. The van der Waals surface area contributed by atoms with Crippen LogP contribution >= 0.6 is 0 Å². The van der Waals surface area contributed by atoms with Crippen molar-refractivity contribution in [2.45, 2.75) is 45.4 Å². The lowest BCUT2D eigenvalue weighted by Gasteiger charge is -2.37. The fourth-order valence-corrected chi connectivity index (χ4v) is 3.26. The van der Waals surface area contributed by atoms with Crippen LogP contribution in [0.4, 0.5) is 0 Å². The second-order valence-corrected chi connectivity index (χ2v) is 6.72. The van der Waals surface area contributed by atoms with Gasteiger partial charge in [-0.2, -0.15) is 0 Å². The number of rotatable bonds is 8. The molecule has 3 nitrogen and oxygen atoms in total. The summed E-state index contributed by atoms with van der Waals surface area (Å²) in [6.45, 7) is 6.16. The zero-order chi connectivity index (χ0) is 15.8. The molecule has 0 N–H and O–H groups in total. The van der Waals surface area contributed by atoms with Crippen molar-refractivity contribution in [3.63, 3.8) is 0 Å². The van der Waals surface area contributed by atoms with Gasteiger partial charge in [0.05, 0.1) is 39.7 Å². The molecule has 0 unspecified atom stereocenters. The van der Waals surface area contributed by atoms with Gasteiger partial charge in [0, 0.05) is 6.42 Å². The van der Waals surface area contributed by atoms with Crippen molar-refractivity contribution in [1.29, 1.82) is 0 Å². The van der Waals surface area contributed by atoms with Gasteiger partial charge in [-0.15, -0.1) is 0 Å². The van der Waals surface area contributed by atoms with Crippen molar-refractivity contribution in [1.82, 2.24) is 0 Å². The van der Waals surface area contributed by atoms with Gasteiger partial charge in [0.2, 0.25) is 0 Å². The first kappa shape index (κ1) is 17.0. The van der Waals surface area contributed by atoms with Gasteiger partial charge in [0.15, 0.2) is 0 Å². The first-order chi connectivity index (χ1) is 10.6. The van der Waals surface area contributed by atoms with Crippen LogP contribution in [0.2, 0.25) is 0 Å². The van der Waals surface area contributed by atoms with Crippen molar-refractivity contribution >= 4 is 5.78 Å². The van der Waals surface area contributed by atoms with Crippen LogP contribution in [0.15, 0.2) is 24.3 Å². The number of Topliss-reactive ketones (excluding diaryl/α,β-unsaturated/α-hetero) is 1. The predicted molar refractivity (Wildman–Crippen MR) is 90.2 cm³/mol. The quantitative estimate of drug-likeness (QED) is 0.686. The lowest BCUT2D eigenvalue weighted by Crippen LogP contribution is -2.48. The Hall–Kier alpha value is -1.35. The minimum absolute atomic E-state index is 0.395. The van der Waals surface area contributed by atoms with Crippen LogP contribution in [0.3, 0.4) is 0 Å². The summed E-state index contributed by atoms with van der Waals surface area (Å²) >= 11 is 0. The molecule has 1 aromatic carbocycles. The van der Waals surface area contributed by atoms with Crippen molar-refractivity contribution in [3.05, 3.63) is 29.8 Å². The normalized spacial score (nSPS) is 17.2. The van der Waals surface area contributed by atoms with E-state index in [1.54, 1.807) is 0 Å². The fourth-order valence-electron chi connectivity index (χ4n) is 3.26. The Morgan fingerprint density at radius 3 is 2.68 bits per heavy atom. The molecule has 1 aliphatic heterocycles. The first-order valence-corrected chi connectivity index (χ1v) is 8.68. The molecule has 0 aromatic heterocycles. The molecular formula is C19H30NO2+. The van der Waals surface area contributed by atoms with Gasteiger partial charge in [0.25, 0.3) is 0 Å². The Balaban J connectivity index is 1.74. The molecule has 0 radical (unpaired) electrons. The van der Waals surface area contributed by atoms with Crippen molar-refractivity contribution < 1.29 is 14.0 Å². The summed E-state index contributed by atoms with van der Waals surface area (Å²) in [4.78, 5) is 12.2. The summed E-state index contributed by atoms with van der Waals surface area (Å²) in [6.07, 6.45) is 6.18. The standard InChI is InChI=1S/C19H30NO2/c1-3-22-19-9-7-8-17(16-19)10-11-18(21)12-15-20(2)13-5-4-6-14-20/h7-9,16H,3-6,10-15H2,1-2H3/q+1. The Kier molecular flexibility index (Phi) is 6.44. The zero-order valence-corrected chi connectivity index (χ0v) is 14.1. The van der Waals surface area contributed by atoms with Crippen LogP contribution < -0.4 is 4.74 Å². The lowest BCUT2D eigenvalue weighted by atomic mass is 10.0. The maximum atomic E-state index is 12.2. The van der Waals surface area contributed by atoms with E-state index in [0.29, 0.717) is 18.8 Å². The lowest BCUT2D eigenvalue weighted by molar-refractivity contribution is -0.913. The van der Waals surface area contributed by atoms with Gasteiger partial charge in [0.1, 0.15) is 11.5 Å². The number of hydrogen-bond acceptors (Lipinski definition) is 2. The minimum atomic E-state index is 0.395. The average Bonchev–Trinajstić information content (AvgIpc) is 2.53. The van der Waals surface area contributed by atoms with Gasteiger partial charge in [-0.25, -0.2) is 0 Å². The maximum absolute atomic E-state index is 12.2. The highest BCUT2D eigenvalue weighted by atomic mass is 16.5. The van der Waals surface area contributed by atoms with Crippen LogP contribution in [-0.4, -0.2) is 43.6 Å². The van der Waals surface area contributed by atoms with Crippen LogP contribution in [0.5, 0.6) is 5.75 Å². The van der Waals surface area contributed by atoms with Crippen molar-refractivity contribution in [3.8, 4) is 5.75 Å². The zero-order valence-electron chi connectivity index (χ0n) is 14.1. The molecule has 1 aromatic rings. The molecule has 0 saturated carbocycles. The first-order valence-electron chi connectivity index (χ1n) is 8.68. The van der Waals surface area contributed by atoms with Gasteiger partial charge >= 0.3 is 0 Å². The number of hydrogen-bond donors (Lipinski definition) is 0. The van der Waals surface area contributed by atoms with Gasteiger partial charge < -0.3 is 9.22 Å². The second kappa shape index (κ2) is 8.33. The number of carbonyl (C=O) groups is 1. The van der Waals surface area contributed by atoms with Crippen LogP contribution in [0.25, 0.3) is 0 Å². The summed E-state index contributed by atoms with van der Waals surface area (Å²) < 4.78 is 6.59. The van der Waals surface area contributed by atoms with Gasteiger partial charge in [-0.3, -0.25) is 4.79 Å². The van der Waals surface area contributed by atoms with E-state index < -0.39 is 0 Å². The Morgan fingerprint density at radius 1 is 1.18 bits per heavy atom. The molecule has 0 atom stereocenters. The third kappa shape index (κ3) is 5.45. The van der Waals surface area contributed by atoms with E-state index in [2.05, 4.69) is 19.2 Å². The highest BCUT2D eigenvalue weighted by Crippen LogP contribution is 2.18. The van der Waals surface area contributed by atoms with E-state index in [4.69, 9.17) is 4.74 Å². The summed E-state index contributed by atoms with van der Waals surface area (Å²) in [7, 11) is 2.30. The third-order valence-corrected chi connectivity index (χ3v) is 4.73. The number of benzene rings is 1. The number of aryl methyl sites for hydroxylation is 1.